The predicted octanol–water partition coefficient (Wildman–Crippen LogP) is 3.79. The van der Waals surface area contributed by atoms with Crippen molar-refractivity contribution < 1.29 is 9.53 Å². The summed E-state index contributed by atoms with van der Waals surface area (Å²) < 4.78 is 5.85. The Kier molecular flexibility index (Phi) is 6.85. The Morgan fingerprint density at radius 1 is 1.12 bits per heavy atom. The molecule has 0 radical (unpaired) electrons. The molecule has 2 aromatic carbocycles. The summed E-state index contributed by atoms with van der Waals surface area (Å²) in [6.45, 7) is 2.81. The fourth-order valence-electron chi connectivity index (χ4n) is 2.43. The van der Waals surface area contributed by atoms with Crippen LogP contribution >= 0.6 is 0 Å². The van der Waals surface area contributed by atoms with E-state index in [4.69, 9.17) is 10.00 Å². The zero-order chi connectivity index (χ0) is 17.2. The molecule has 1 atom stereocenters. The van der Waals surface area contributed by atoms with Crippen molar-refractivity contribution in [2.75, 3.05) is 6.54 Å². The standard InChI is InChI=1S/C20H22N2O2/c1-2-19(24-18-12-7-4-8-13-18)20(23)22(15-9-14-21)16-17-10-5-3-6-11-17/h3-8,10-13,19H,2,9,15-16H2,1H3. The molecule has 0 aliphatic rings. The molecule has 0 bridgehead atoms. The number of carbonyl (C=O) groups excluding carboxylic acids is 1. The largest absolute Gasteiger partial charge is 0.481 e. The van der Waals surface area contributed by atoms with Crippen molar-refractivity contribution in [1.82, 2.24) is 4.90 Å². The van der Waals surface area contributed by atoms with Gasteiger partial charge in [0.25, 0.3) is 5.91 Å². The van der Waals surface area contributed by atoms with Crippen LogP contribution in [-0.2, 0) is 11.3 Å². The topological polar surface area (TPSA) is 53.3 Å². The summed E-state index contributed by atoms with van der Waals surface area (Å²) in [6, 6.07) is 21.2. The highest BCUT2D eigenvalue weighted by Crippen LogP contribution is 2.16. The van der Waals surface area contributed by atoms with Crippen molar-refractivity contribution in [2.45, 2.75) is 32.4 Å². The Morgan fingerprint density at radius 2 is 1.75 bits per heavy atom. The average molecular weight is 322 g/mol. The first-order chi connectivity index (χ1) is 11.7. The van der Waals surface area contributed by atoms with Gasteiger partial charge < -0.3 is 9.64 Å². The molecule has 0 N–H and O–H groups in total. The van der Waals surface area contributed by atoms with Crippen LogP contribution in [0.25, 0.3) is 0 Å². The second kappa shape index (κ2) is 9.36. The van der Waals surface area contributed by atoms with E-state index in [1.54, 1.807) is 4.90 Å². The molecule has 1 amide bonds. The van der Waals surface area contributed by atoms with Crippen LogP contribution in [0, 0.1) is 11.3 Å². The zero-order valence-electron chi connectivity index (χ0n) is 13.9. The number of ether oxygens (including phenoxy) is 1. The summed E-state index contributed by atoms with van der Waals surface area (Å²) in [6.07, 6.45) is 0.334. The van der Waals surface area contributed by atoms with Crippen LogP contribution in [0.15, 0.2) is 60.7 Å². The summed E-state index contributed by atoms with van der Waals surface area (Å²) in [4.78, 5) is 14.6. The lowest BCUT2D eigenvalue weighted by Gasteiger charge is -2.27. The number of hydrogen-bond donors (Lipinski definition) is 0. The fraction of sp³-hybridized carbons (Fsp3) is 0.300. The first-order valence-electron chi connectivity index (χ1n) is 8.16. The van der Waals surface area contributed by atoms with Gasteiger partial charge >= 0.3 is 0 Å². The van der Waals surface area contributed by atoms with Crippen molar-refractivity contribution in [2.24, 2.45) is 0 Å². The van der Waals surface area contributed by atoms with E-state index >= 15 is 0 Å². The van der Waals surface area contributed by atoms with Gasteiger partial charge in [-0.05, 0) is 24.1 Å². The van der Waals surface area contributed by atoms with Gasteiger partial charge in [0, 0.05) is 13.1 Å². The lowest BCUT2D eigenvalue weighted by molar-refractivity contribution is -0.139. The normalized spacial score (nSPS) is 11.3. The Morgan fingerprint density at radius 3 is 2.33 bits per heavy atom. The van der Waals surface area contributed by atoms with E-state index in [2.05, 4.69) is 6.07 Å². The van der Waals surface area contributed by atoms with Gasteiger partial charge in [0.15, 0.2) is 6.10 Å². The molecule has 4 heteroatoms. The maximum atomic E-state index is 12.9. The number of benzene rings is 2. The third-order valence-electron chi connectivity index (χ3n) is 3.69. The van der Waals surface area contributed by atoms with Gasteiger partial charge in [0.2, 0.25) is 0 Å². The predicted molar refractivity (Wildman–Crippen MR) is 93.2 cm³/mol. The van der Waals surface area contributed by atoms with Gasteiger partial charge in [-0.2, -0.15) is 5.26 Å². The minimum Gasteiger partial charge on any atom is -0.481 e. The second-order valence-electron chi connectivity index (χ2n) is 5.48. The summed E-state index contributed by atoms with van der Waals surface area (Å²) in [5.74, 6) is 0.595. The Labute approximate surface area is 143 Å². The van der Waals surface area contributed by atoms with Crippen LogP contribution in [0.4, 0.5) is 0 Å². The Hall–Kier alpha value is -2.80. The van der Waals surface area contributed by atoms with Gasteiger partial charge in [-0.15, -0.1) is 0 Å². The maximum Gasteiger partial charge on any atom is 0.263 e. The molecular weight excluding hydrogens is 300 g/mol. The molecule has 0 fully saturated rings. The number of hydrogen-bond acceptors (Lipinski definition) is 3. The number of nitrogens with zero attached hydrogens (tertiary/aromatic N) is 2. The summed E-state index contributed by atoms with van der Waals surface area (Å²) in [5.41, 5.74) is 1.04. The van der Waals surface area contributed by atoms with Crippen LogP contribution in [0.1, 0.15) is 25.3 Å². The third-order valence-corrected chi connectivity index (χ3v) is 3.69. The van der Waals surface area contributed by atoms with Gasteiger partial charge in [-0.1, -0.05) is 55.5 Å². The van der Waals surface area contributed by atoms with Crippen molar-refractivity contribution in [3.8, 4) is 11.8 Å². The summed E-state index contributed by atoms with van der Waals surface area (Å²) >= 11 is 0. The SMILES string of the molecule is CCC(Oc1ccccc1)C(=O)N(CCC#N)Cc1ccccc1. The lowest BCUT2D eigenvalue weighted by atomic mass is 10.1. The van der Waals surface area contributed by atoms with Crippen molar-refractivity contribution >= 4 is 5.91 Å². The number of rotatable bonds is 8. The van der Waals surface area contributed by atoms with Gasteiger partial charge in [-0.25, -0.2) is 0 Å². The molecule has 124 valence electrons. The van der Waals surface area contributed by atoms with Crippen molar-refractivity contribution in [3.05, 3.63) is 66.2 Å². The molecule has 1 unspecified atom stereocenters. The first-order valence-corrected chi connectivity index (χ1v) is 8.16. The molecule has 0 spiro atoms. The minimum atomic E-state index is -0.546. The molecular formula is C20H22N2O2. The maximum absolute atomic E-state index is 12.9. The van der Waals surface area contributed by atoms with Crippen LogP contribution < -0.4 is 4.74 Å². The second-order valence-corrected chi connectivity index (χ2v) is 5.48. The van der Waals surface area contributed by atoms with E-state index in [1.165, 1.54) is 0 Å². The highest BCUT2D eigenvalue weighted by molar-refractivity contribution is 5.81. The Bertz CT molecular complexity index is 665. The summed E-state index contributed by atoms with van der Waals surface area (Å²) in [7, 11) is 0. The molecule has 0 aromatic heterocycles. The van der Waals surface area contributed by atoms with E-state index in [1.807, 2.05) is 67.6 Å². The molecule has 2 rings (SSSR count). The number of para-hydroxylation sites is 1. The lowest BCUT2D eigenvalue weighted by Crippen LogP contribution is -2.41. The van der Waals surface area contributed by atoms with E-state index in [0.29, 0.717) is 31.7 Å². The molecule has 2 aromatic rings. The molecule has 0 aliphatic carbocycles. The number of amides is 1. The molecule has 24 heavy (non-hydrogen) atoms. The first kappa shape index (κ1) is 17.6. The van der Waals surface area contributed by atoms with Gasteiger partial charge in [0.1, 0.15) is 5.75 Å². The van der Waals surface area contributed by atoms with E-state index in [9.17, 15) is 4.79 Å². The highest BCUT2D eigenvalue weighted by Gasteiger charge is 2.24. The van der Waals surface area contributed by atoms with Crippen LogP contribution in [0.2, 0.25) is 0 Å². The molecule has 0 heterocycles. The molecule has 4 nitrogen and oxygen atoms in total. The fourth-order valence-corrected chi connectivity index (χ4v) is 2.43. The zero-order valence-corrected chi connectivity index (χ0v) is 13.9. The third kappa shape index (κ3) is 5.13. The molecule has 0 saturated heterocycles. The van der Waals surface area contributed by atoms with Crippen LogP contribution in [0.3, 0.4) is 0 Å². The Balaban J connectivity index is 2.10. The minimum absolute atomic E-state index is 0.0829. The van der Waals surface area contributed by atoms with Crippen LogP contribution in [-0.4, -0.2) is 23.5 Å². The van der Waals surface area contributed by atoms with Crippen molar-refractivity contribution in [3.63, 3.8) is 0 Å². The quantitative estimate of drug-likeness (QED) is 0.743. The van der Waals surface area contributed by atoms with Crippen molar-refractivity contribution in [1.29, 1.82) is 5.26 Å². The number of carbonyl (C=O) groups is 1. The monoisotopic (exact) mass is 322 g/mol. The van der Waals surface area contributed by atoms with E-state index in [0.717, 1.165) is 5.56 Å². The van der Waals surface area contributed by atoms with Gasteiger partial charge in [0.05, 0.1) is 12.5 Å². The van der Waals surface area contributed by atoms with E-state index in [-0.39, 0.29) is 5.91 Å². The smallest absolute Gasteiger partial charge is 0.263 e. The highest BCUT2D eigenvalue weighted by atomic mass is 16.5. The molecule has 0 saturated carbocycles. The number of nitriles is 1. The summed E-state index contributed by atoms with van der Waals surface area (Å²) in [5, 5.41) is 8.87. The van der Waals surface area contributed by atoms with E-state index < -0.39 is 6.10 Å². The average Bonchev–Trinajstić information content (AvgIpc) is 2.64. The molecule has 0 aliphatic heterocycles. The van der Waals surface area contributed by atoms with Gasteiger partial charge in [-0.3, -0.25) is 4.79 Å². The van der Waals surface area contributed by atoms with Crippen LogP contribution in [0.5, 0.6) is 5.75 Å².